The second kappa shape index (κ2) is 5.33. The lowest BCUT2D eigenvalue weighted by molar-refractivity contribution is -0.384. The van der Waals surface area contributed by atoms with Gasteiger partial charge in [-0.2, -0.15) is 0 Å². The van der Waals surface area contributed by atoms with Gasteiger partial charge in [-0.1, -0.05) is 13.8 Å². The van der Waals surface area contributed by atoms with E-state index in [1.165, 1.54) is 24.8 Å². The summed E-state index contributed by atoms with van der Waals surface area (Å²) in [5.41, 5.74) is 0.0877. The van der Waals surface area contributed by atoms with Crippen molar-refractivity contribution in [2.24, 2.45) is 11.8 Å². The predicted octanol–water partition coefficient (Wildman–Crippen LogP) is 3.23. The lowest BCUT2D eigenvalue weighted by atomic mass is 9.79. The Morgan fingerprint density at radius 1 is 1.39 bits per heavy atom. The van der Waals surface area contributed by atoms with Crippen LogP contribution in [0.3, 0.4) is 0 Å². The van der Waals surface area contributed by atoms with Gasteiger partial charge in [0, 0.05) is 18.3 Å². The highest BCUT2D eigenvalue weighted by Crippen LogP contribution is 2.31. The maximum Gasteiger partial charge on any atom is 0.274 e. The number of anilines is 1. The smallest absolute Gasteiger partial charge is 0.274 e. The fourth-order valence-electron chi connectivity index (χ4n) is 2.50. The van der Waals surface area contributed by atoms with E-state index >= 15 is 0 Å². The Kier molecular flexibility index (Phi) is 3.79. The third-order valence-corrected chi connectivity index (χ3v) is 3.90. The fraction of sp³-hybridized carbons (Fsp3) is 0.615. The van der Waals surface area contributed by atoms with Crippen LogP contribution >= 0.6 is 0 Å². The zero-order valence-corrected chi connectivity index (χ0v) is 10.8. The lowest BCUT2D eigenvalue weighted by Crippen LogP contribution is -2.30. The first-order chi connectivity index (χ1) is 8.56. The monoisotopic (exact) mass is 249 g/mol. The van der Waals surface area contributed by atoms with Crippen LogP contribution in [0.4, 0.5) is 11.5 Å². The van der Waals surface area contributed by atoms with E-state index in [0.717, 1.165) is 18.8 Å². The highest BCUT2D eigenvalue weighted by molar-refractivity contribution is 5.44. The van der Waals surface area contributed by atoms with Gasteiger partial charge in [-0.15, -0.1) is 0 Å². The highest BCUT2D eigenvalue weighted by atomic mass is 16.6. The van der Waals surface area contributed by atoms with Crippen LogP contribution in [0.15, 0.2) is 18.3 Å². The largest absolute Gasteiger partial charge is 0.367 e. The molecule has 1 saturated carbocycles. The van der Waals surface area contributed by atoms with Crippen LogP contribution in [0.2, 0.25) is 0 Å². The van der Waals surface area contributed by atoms with Crippen molar-refractivity contribution < 1.29 is 4.92 Å². The molecule has 3 unspecified atom stereocenters. The topological polar surface area (TPSA) is 68.1 Å². The number of aromatic nitrogens is 1. The Labute approximate surface area is 107 Å². The third kappa shape index (κ3) is 2.97. The average Bonchev–Trinajstić information content (AvgIpc) is 2.34. The molecule has 5 nitrogen and oxygen atoms in total. The molecule has 18 heavy (non-hydrogen) atoms. The number of rotatable bonds is 3. The number of nitrogens with one attached hydrogen (secondary N) is 1. The molecule has 0 spiro atoms. The van der Waals surface area contributed by atoms with E-state index in [1.807, 2.05) is 0 Å². The van der Waals surface area contributed by atoms with E-state index in [9.17, 15) is 10.1 Å². The van der Waals surface area contributed by atoms with Crippen molar-refractivity contribution in [2.45, 2.75) is 39.2 Å². The minimum absolute atomic E-state index is 0.0877. The van der Waals surface area contributed by atoms with Crippen molar-refractivity contribution in [3.05, 3.63) is 28.4 Å². The first-order valence-electron chi connectivity index (χ1n) is 6.43. The van der Waals surface area contributed by atoms with Gasteiger partial charge in [0.15, 0.2) is 0 Å². The molecule has 2 rings (SSSR count). The zero-order valence-electron chi connectivity index (χ0n) is 10.8. The van der Waals surface area contributed by atoms with Crippen LogP contribution in [0.25, 0.3) is 0 Å². The Balaban J connectivity index is 2.01. The van der Waals surface area contributed by atoms with E-state index < -0.39 is 4.92 Å². The molecule has 0 radical (unpaired) electrons. The molecule has 0 aliphatic heterocycles. The Morgan fingerprint density at radius 2 is 2.17 bits per heavy atom. The van der Waals surface area contributed by atoms with E-state index in [0.29, 0.717) is 17.8 Å². The van der Waals surface area contributed by atoms with E-state index in [2.05, 4.69) is 24.1 Å². The molecule has 1 heterocycles. The van der Waals surface area contributed by atoms with Gasteiger partial charge in [-0.3, -0.25) is 10.1 Å². The van der Waals surface area contributed by atoms with Crippen LogP contribution in [0, 0.1) is 22.0 Å². The summed E-state index contributed by atoms with van der Waals surface area (Å²) in [7, 11) is 0. The van der Waals surface area contributed by atoms with Crippen molar-refractivity contribution in [1.29, 1.82) is 0 Å². The van der Waals surface area contributed by atoms with Gasteiger partial charge < -0.3 is 5.32 Å². The number of hydrogen-bond acceptors (Lipinski definition) is 4. The molecular formula is C13H19N3O2. The minimum atomic E-state index is -0.390. The summed E-state index contributed by atoms with van der Waals surface area (Å²) in [5, 5.41) is 14.0. The molecule has 1 aromatic rings. The Bertz CT molecular complexity index is 436. The van der Waals surface area contributed by atoms with Crippen molar-refractivity contribution in [1.82, 2.24) is 4.98 Å². The van der Waals surface area contributed by atoms with Gasteiger partial charge in [-0.05, 0) is 31.1 Å². The maximum absolute atomic E-state index is 10.7. The molecule has 3 atom stereocenters. The summed E-state index contributed by atoms with van der Waals surface area (Å²) >= 11 is 0. The predicted molar refractivity (Wildman–Crippen MR) is 70.5 cm³/mol. The second-order valence-electron chi connectivity index (χ2n) is 5.27. The molecule has 0 bridgehead atoms. The molecule has 0 saturated heterocycles. The molecule has 0 aromatic carbocycles. The lowest BCUT2D eigenvalue weighted by Gasteiger charge is -2.32. The van der Waals surface area contributed by atoms with Gasteiger partial charge in [0.25, 0.3) is 5.69 Å². The summed E-state index contributed by atoms with van der Waals surface area (Å²) < 4.78 is 0. The Hall–Kier alpha value is -1.65. The first kappa shape index (κ1) is 12.8. The minimum Gasteiger partial charge on any atom is -0.367 e. The molecule has 1 fully saturated rings. The van der Waals surface area contributed by atoms with Gasteiger partial charge in [0.05, 0.1) is 11.0 Å². The van der Waals surface area contributed by atoms with E-state index in [4.69, 9.17) is 0 Å². The van der Waals surface area contributed by atoms with Gasteiger partial charge in [0.1, 0.15) is 5.82 Å². The molecule has 5 heteroatoms. The van der Waals surface area contributed by atoms with Crippen LogP contribution in [-0.4, -0.2) is 15.9 Å². The zero-order chi connectivity index (χ0) is 13.1. The number of nitro groups is 1. The van der Waals surface area contributed by atoms with Crippen molar-refractivity contribution in [3.8, 4) is 0 Å². The van der Waals surface area contributed by atoms with E-state index in [-0.39, 0.29) is 5.69 Å². The number of hydrogen-bond donors (Lipinski definition) is 1. The quantitative estimate of drug-likeness (QED) is 0.659. The normalized spacial score (nSPS) is 27.8. The summed E-state index contributed by atoms with van der Waals surface area (Å²) in [6, 6.07) is 3.30. The number of pyridine rings is 1. The Morgan fingerprint density at radius 3 is 2.83 bits per heavy atom. The average molecular weight is 249 g/mol. The van der Waals surface area contributed by atoms with Crippen LogP contribution in [0.5, 0.6) is 0 Å². The third-order valence-electron chi connectivity index (χ3n) is 3.90. The first-order valence-corrected chi connectivity index (χ1v) is 6.43. The molecule has 0 amide bonds. The van der Waals surface area contributed by atoms with Crippen LogP contribution in [-0.2, 0) is 0 Å². The summed E-state index contributed by atoms with van der Waals surface area (Å²) in [4.78, 5) is 14.4. The van der Waals surface area contributed by atoms with E-state index in [1.54, 1.807) is 0 Å². The summed E-state index contributed by atoms with van der Waals surface area (Å²) in [5.74, 6) is 2.06. The standard InChI is InChI=1S/C13H19N3O2/c1-9-3-4-11(7-10(9)2)15-13-8-12(16(17)18)5-6-14-13/h5-6,8-11H,3-4,7H2,1-2H3,(H,14,15). The maximum atomic E-state index is 10.7. The summed E-state index contributed by atoms with van der Waals surface area (Å²) in [6.07, 6.45) is 4.89. The molecule has 1 aliphatic rings. The van der Waals surface area contributed by atoms with Crippen molar-refractivity contribution in [3.63, 3.8) is 0 Å². The second-order valence-corrected chi connectivity index (χ2v) is 5.27. The molecule has 1 aliphatic carbocycles. The molecule has 1 aromatic heterocycles. The van der Waals surface area contributed by atoms with Gasteiger partial charge in [-0.25, -0.2) is 4.98 Å². The van der Waals surface area contributed by atoms with Crippen LogP contribution < -0.4 is 5.32 Å². The molecule has 1 N–H and O–H groups in total. The summed E-state index contributed by atoms with van der Waals surface area (Å²) in [6.45, 7) is 4.55. The number of nitrogens with zero attached hydrogens (tertiary/aromatic N) is 2. The molecule has 98 valence electrons. The van der Waals surface area contributed by atoms with Crippen molar-refractivity contribution >= 4 is 11.5 Å². The molecular weight excluding hydrogens is 230 g/mol. The van der Waals surface area contributed by atoms with Crippen LogP contribution in [0.1, 0.15) is 33.1 Å². The van der Waals surface area contributed by atoms with Gasteiger partial charge in [0.2, 0.25) is 0 Å². The van der Waals surface area contributed by atoms with Crippen molar-refractivity contribution in [2.75, 3.05) is 5.32 Å². The SMILES string of the molecule is CC1CCC(Nc2cc([N+](=O)[O-])ccn2)CC1C. The van der Waals surface area contributed by atoms with Gasteiger partial charge >= 0.3 is 0 Å². The fourth-order valence-corrected chi connectivity index (χ4v) is 2.50. The highest BCUT2D eigenvalue weighted by Gasteiger charge is 2.24.